The number of anilines is 2. The van der Waals surface area contributed by atoms with Crippen LogP contribution in [0.3, 0.4) is 0 Å². The van der Waals surface area contributed by atoms with Crippen LogP contribution in [0.1, 0.15) is 38.8 Å². The highest BCUT2D eigenvalue weighted by Crippen LogP contribution is 2.37. The van der Waals surface area contributed by atoms with Gasteiger partial charge in [-0.05, 0) is 68.0 Å². The molecule has 0 aliphatic carbocycles. The molecular weight excluding hydrogens is 687 g/mol. The number of amides is 3. The summed E-state index contributed by atoms with van der Waals surface area (Å²) in [7, 11) is 1.43. The number of phenols is 1. The van der Waals surface area contributed by atoms with Crippen LogP contribution >= 0.6 is 23.1 Å². The first kappa shape index (κ1) is 36.4. The molecule has 3 amide bonds. The van der Waals surface area contributed by atoms with E-state index in [-0.39, 0.29) is 29.7 Å². The van der Waals surface area contributed by atoms with E-state index in [0.717, 1.165) is 11.1 Å². The largest absolute Gasteiger partial charge is 0.508 e. The van der Waals surface area contributed by atoms with Gasteiger partial charge in [0.05, 0.1) is 19.5 Å². The molecule has 12 heteroatoms. The lowest BCUT2D eigenvalue weighted by atomic mass is 10.0. The molecule has 0 bridgehead atoms. The van der Waals surface area contributed by atoms with E-state index in [4.69, 9.17) is 9.47 Å². The lowest BCUT2D eigenvalue weighted by molar-refractivity contribution is -0.114. The lowest BCUT2D eigenvalue weighted by Gasteiger charge is -2.13. The van der Waals surface area contributed by atoms with Gasteiger partial charge < -0.3 is 30.5 Å². The molecule has 260 valence electrons. The SMILES string of the molecule is CCOC(=O)c1c(-c2ccc(C)cc2)csc1NC(=O)CSc1cccc(NC(=O)/C(=C\c2ccc(O)cc2OC)NC(=O)c2ccccc2)c1. The molecule has 0 saturated carbocycles. The minimum atomic E-state index is -0.608. The number of hydrogen-bond donors (Lipinski definition) is 4. The van der Waals surface area contributed by atoms with Gasteiger partial charge in [-0.3, -0.25) is 14.4 Å². The molecule has 51 heavy (non-hydrogen) atoms. The van der Waals surface area contributed by atoms with E-state index in [9.17, 15) is 24.3 Å². The molecule has 4 aromatic carbocycles. The van der Waals surface area contributed by atoms with Crippen LogP contribution in [0.25, 0.3) is 17.2 Å². The maximum Gasteiger partial charge on any atom is 0.341 e. The topological polar surface area (TPSA) is 143 Å². The number of hydrogen-bond acceptors (Lipinski definition) is 9. The zero-order valence-corrected chi connectivity index (χ0v) is 29.7. The number of aryl methyl sites for hydroxylation is 1. The number of thioether (sulfide) groups is 1. The standard InChI is InChI=1S/C39H35N3O7S2/c1-4-49-39(47)35-31(25-15-13-24(2)14-16-25)22-51-38(35)42-34(44)23-50-30-12-8-11-28(20-30)40-37(46)32(41-36(45)26-9-6-5-7-10-26)19-27-17-18-29(43)21-33(27)48-3/h5-22,43H,4,23H2,1-3H3,(H,40,46)(H,41,45)(H,42,44)/b32-19+. The van der Waals surface area contributed by atoms with E-state index < -0.39 is 17.8 Å². The maximum absolute atomic E-state index is 13.6. The summed E-state index contributed by atoms with van der Waals surface area (Å²) in [6, 6.07) is 27.6. The zero-order valence-electron chi connectivity index (χ0n) is 28.0. The van der Waals surface area contributed by atoms with Crippen LogP contribution in [0.4, 0.5) is 10.7 Å². The second kappa shape index (κ2) is 17.2. The average molecular weight is 722 g/mol. The summed E-state index contributed by atoms with van der Waals surface area (Å²) in [5, 5.41) is 20.5. The quantitative estimate of drug-likeness (QED) is 0.0549. The van der Waals surface area contributed by atoms with Crippen molar-refractivity contribution in [2.75, 3.05) is 30.1 Å². The van der Waals surface area contributed by atoms with Crippen LogP contribution in [-0.4, -0.2) is 48.3 Å². The van der Waals surface area contributed by atoms with Crippen LogP contribution in [0, 0.1) is 6.92 Å². The molecule has 1 heterocycles. The molecule has 5 aromatic rings. The molecule has 0 spiro atoms. The molecule has 0 atom stereocenters. The Balaban J connectivity index is 1.30. The number of phenolic OH excluding ortho intramolecular Hbond substituents is 1. The number of benzene rings is 4. The van der Waals surface area contributed by atoms with Crippen molar-refractivity contribution in [3.63, 3.8) is 0 Å². The van der Waals surface area contributed by atoms with Gasteiger partial charge in [0.25, 0.3) is 11.8 Å². The summed E-state index contributed by atoms with van der Waals surface area (Å²) in [5.41, 5.74) is 4.08. The second-order valence-corrected chi connectivity index (χ2v) is 13.0. The molecule has 0 saturated heterocycles. The van der Waals surface area contributed by atoms with Crippen molar-refractivity contribution in [1.82, 2.24) is 5.32 Å². The third kappa shape index (κ3) is 9.65. The third-order valence-electron chi connectivity index (χ3n) is 7.39. The first-order valence-corrected chi connectivity index (χ1v) is 17.7. The molecular formula is C39H35N3O7S2. The Hall–Kier alpha value is -5.85. The van der Waals surface area contributed by atoms with E-state index in [1.807, 2.05) is 36.6 Å². The summed E-state index contributed by atoms with van der Waals surface area (Å²) >= 11 is 2.50. The summed E-state index contributed by atoms with van der Waals surface area (Å²) in [5.74, 6) is -1.64. The van der Waals surface area contributed by atoms with Crippen LogP contribution < -0.4 is 20.7 Å². The zero-order chi connectivity index (χ0) is 36.3. The van der Waals surface area contributed by atoms with Crippen molar-refractivity contribution >= 4 is 63.6 Å². The first-order valence-electron chi connectivity index (χ1n) is 15.8. The van der Waals surface area contributed by atoms with Gasteiger partial charge in [0.2, 0.25) is 5.91 Å². The highest BCUT2D eigenvalue weighted by Gasteiger charge is 2.23. The van der Waals surface area contributed by atoms with Crippen LogP contribution in [0.2, 0.25) is 0 Å². The summed E-state index contributed by atoms with van der Waals surface area (Å²) in [6.45, 7) is 3.90. The number of methoxy groups -OCH3 is 1. The Morgan fingerprint density at radius 3 is 2.39 bits per heavy atom. The summed E-state index contributed by atoms with van der Waals surface area (Å²) in [4.78, 5) is 53.4. The number of nitrogens with one attached hydrogen (secondary N) is 3. The number of ether oxygens (including phenoxy) is 2. The highest BCUT2D eigenvalue weighted by atomic mass is 32.2. The molecule has 10 nitrogen and oxygen atoms in total. The Morgan fingerprint density at radius 1 is 0.902 bits per heavy atom. The van der Waals surface area contributed by atoms with Gasteiger partial charge in [-0.15, -0.1) is 23.1 Å². The van der Waals surface area contributed by atoms with E-state index in [1.165, 1.54) is 48.4 Å². The van der Waals surface area contributed by atoms with Crippen molar-refractivity contribution < 1.29 is 33.8 Å². The predicted molar refractivity (Wildman–Crippen MR) is 201 cm³/mol. The van der Waals surface area contributed by atoms with Gasteiger partial charge in [0, 0.05) is 38.7 Å². The molecule has 0 aliphatic rings. The smallest absolute Gasteiger partial charge is 0.341 e. The molecule has 0 unspecified atom stereocenters. The van der Waals surface area contributed by atoms with Gasteiger partial charge in [0.15, 0.2) is 0 Å². The van der Waals surface area contributed by atoms with Crippen molar-refractivity contribution in [1.29, 1.82) is 0 Å². The van der Waals surface area contributed by atoms with E-state index in [0.29, 0.717) is 43.6 Å². The minimum Gasteiger partial charge on any atom is -0.508 e. The van der Waals surface area contributed by atoms with Crippen molar-refractivity contribution in [3.8, 4) is 22.6 Å². The Bertz CT molecular complexity index is 2080. The van der Waals surface area contributed by atoms with E-state index in [2.05, 4.69) is 16.0 Å². The fourth-order valence-electron chi connectivity index (χ4n) is 4.89. The Morgan fingerprint density at radius 2 is 1.67 bits per heavy atom. The number of carbonyl (C=O) groups excluding carboxylic acids is 4. The molecule has 4 N–H and O–H groups in total. The predicted octanol–water partition coefficient (Wildman–Crippen LogP) is 7.75. The van der Waals surface area contributed by atoms with E-state index in [1.54, 1.807) is 67.6 Å². The maximum atomic E-state index is 13.6. The average Bonchev–Trinajstić information content (AvgIpc) is 3.55. The van der Waals surface area contributed by atoms with Gasteiger partial charge in [-0.2, -0.15) is 0 Å². The normalized spacial score (nSPS) is 11.0. The van der Waals surface area contributed by atoms with Crippen molar-refractivity contribution in [3.05, 3.63) is 130 Å². The van der Waals surface area contributed by atoms with E-state index >= 15 is 0 Å². The number of rotatable bonds is 13. The molecule has 0 radical (unpaired) electrons. The summed E-state index contributed by atoms with van der Waals surface area (Å²) in [6.07, 6.45) is 1.46. The second-order valence-electron chi connectivity index (χ2n) is 11.1. The third-order valence-corrected chi connectivity index (χ3v) is 9.28. The highest BCUT2D eigenvalue weighted by molar-refractivity contribution is 8.00. The van der Waals surface area contributed by atoms with Gasteiger partial charge in [-0.25, -0.2) is 4.79 Å². The van der Waals surface area contributed by atoms with Crippen molar-refractivity contribution in [2.24, 2.45) is 0 Å². The van der Waals surface area contributed by atoms with Gasteiger partial charge in [0.1, 0.15) is 27.8 Å². The fourth-order valence-corrected chi connectivity index (χ4v) is 6.62. The number of esters is 1. The fraction of sp³-hybridized carbons (Fsp3) is 0.128. The van der Waals surface area contributed by atoms with Crippen LogP contribution in [0.5, 0.6) is 11.5 Å². The van der Waals surface area contributed by atoms with Crippen LogP contribution in [0.15, 0.2) is 113 Å². The molecule has 5 rings (SSSR count). The number of aromatic hydroxyl groups is 1. The molecule has 0 fully saturated rings. The number of carbonyl (C=O) groups is 4. The molecule has 1 aromatic heterocycles. The number of thiophene rings is 1. The molecule has 0 aliphatic heterocycles. The van der Waals surface area contributed by atoms with Gasteiger partial charge in [-0.1, -0.05) is 54.1 Å². The Labute approximate surface area is 303 Å². The summed E-state index contributed by atoms with van der Waals surface area (Å²) < 4.78 is 10.7. The lowest BCUT2D eigenvalue weighted by Crippen LogP contribution is -2.30. The van der Waals surface area contributed by atoms with Gasteiger partial charge >= 0.3 is 5.97 Å². The monoisotopic (exact) mass is 721 g/mol. The first-order chi connectivity index (χ1) is 24.6. The Kier molecular flexibility index (Phi) is 12.3. The van der Waals surface area contributed by atoms with Crippen molar-refractivity contribution in [2.45, 2.75) is 18.7 Å². The van der Waals surface area contributed by atoms with Crippen LogP contribution in [-0.2, 0) is 14.3 Å². The minimum absolute atomic E-state index is 0.0202.